The van der Waals surface area contributed by atoms with Gasteiger partial charge in [-0.3, -0.25) is 9.59 Å². The van der Waals surface area contributed by atoms with Gasteiger partial charge in [0.2, 0.25) is 5.91 Å². The predicted molar refractivity (Wildman–Crippen MR) is 93.3 cm³/mol. The Balaban J connectivity index is 1.46. The Hall–Kier alpha value is -1.06. The minimum Gasteiger partial charge on any atom is -0.462 e. The second-order valence-corrected chi connectivity index (χ2v) is 9.17. The Morgan fingerprint density at radius 1 is 0.917 bits per heavy atom. The van der Waals surface area contributed by atoms with Crippen LogP contribution in [-0.4, -0.2) is 36.0 Å². The van der Waals surface area contributed by atoms with Crippen molar-refractivity contribution in [1.29, 1.82) is 0 Å². The molecule has 0 radical (unpaired) electrons. The van der Waals surface area contributed by atoms with Crippen molar-refractivity contribution in [2.24, 2.45) is 23.2 Å². The quantitative estimate of drug-likeness (QED) is 0.737. The highest BCUT2D eigenvalue weighted by molar-refractivity contribution is 5.82. The largest absolute Gasteiger partial charge is 0.462 e. The van der Waals surface area contributed by atoms with Crippen molar-refractivity contribution in [3.8, 4) is 0 Å². The lowest BCUT2D eigenvalue weighted by Crippen LogP contribution is -2.44. The van der Waals surface area contributed by atoms with Crippen molar-refractivity contribution in [3.63, 3.8) is 0 Å². The van der Waals surface area contributed by atoms with Crippen LogP contribution in [0.3, 0.4) is 0 Å². The van der Waals surface area contributed by atoms with Crippen LogP contribution in [-0.2, 0) is 14.3 Å². The summed E-state index contributed by atoms with van der Waals surface area (Å²) in [6.45, 7) is 8.30. The molecular weight excluding hydrogens is 302 g/mol. The summed E-state index contributed by atoms with van der Waals surface area (Å²) < 4.78 is 5.82. The van der Waals surface area contributed by atoms with Crippen LogP contribution in [0.15, 0.2) is 0 Å². The molecule has 4 nitrogen and oxygen atoms in total. The topological polar surface area (TPSA) is 46.6 Å². The molecule has 2 aliphatic carbocycles. The average molecular weight is 335 g/mol. The van der Waals surface area contributed by atoms with Gasteiger partial charge in [0.05, 0.1) is 5.92 Å². The molecule has 0 aromatic rings. The normalized spacial score (nSPS) is 31.6. The Morgan fingerprint density at radius 2 is 1.58 bits per heavy atom. The van der Waals surface area contributed by atoms with Gasteiger partial charge in [0.15, 0.2) is 0 Å². The molecule has 0 unspecified atom stereocenters. The van der Waals surface area contributed by atoms with Gasteiger partial charge >= 0.3 is 5.97 Å². The van der Waals surface area contributed by atoms with Crippen LogP contribution in [0.25, 0.3) is 0 Å². The summed E-state index contributed by atoms with van der Waals surface area (Å²) in [7, 11) is 0. The van der Waals surface area contributed by atoms with Crippen molar-refractivity contribution in [1.82, 2.24) is 4.90 Å². The molecule has 24 heavy (non-hydrogen) atoms. The third-order valence-electron chi connectivity index (χ3n) is 6.17. The number of nitrogens with zero attached hydrogens (tertiary/aromatic N) is 1. The first-order valence-electron chi connectivity index (χ1n) is 9.84. The van der Waals surface area contributed by atoms with E-state index in [1.807, 2.05) is 4.90 Å². The Labute approximate surface area is 146 Å². The number of ether oxygens (including phenoxy) is 1. The van der Waals surface area contributed by atoms with Gasteiger partial charge in [-0.05, 0) is 62.7 Å². The van der Waals surface area contributed by atoms with E-state index in [0.29, 0.717) is 12.0 Å². The van der Waals surface area contributed by atoms with Crippen LogP contribution in [0, 0.1) is 23.2 Å². The molecule has 1 aliphatic heterocycles. The number of carbonyl (C=O) groups is 2. The minimum absolute atomic E-state index is 0.0671. The zero-order valence-corrected chi connectivity index (χ0v) is 15.6. The molecule has 1 saturated heterocycles. The van der Waals surface area contributed by atoms with Gasteiger partial charge < -0.3 is 9.64 Å². The Kier molecular flexibility index (Phi) is 5.22. The van der Waals surface area contributed by atoms with Crippen molar-refractivity contribution < 1.29 is 14.3 Å². The Morgan fingerprint density at radius 3 is 2.17 bits per heavy atom. The number of hydrogen-bond acceptors (Lipinski definition) is 3. The van der Waals surface area contributed by atoms with Gasteiger partial charge in [-0.25, -0.2) is 0 Å². The van der Waals surface area contributed by atoms with Crippen molar-refractivity contribution >= 4 is 11.9 Å². The van der Waals surface area contributed by atoms with Crippen LogP contribution in [0.1, 0.15) is 72.1 Å². The lowest BCUT2D eigenvalue weighted by molar-refractivity contribution is -0.159. The SMILES string of the molecule is CC(C)(C)C1CCC(OC(=O)[C@H]2CCCN(C(=O)C3CC3)C2)CC1. The first-order valence-corrected chi connectivity index (χ1v) is 9.84. The van der Waals surface area contributed by atoms with E-state index in [2.05, 4.69) is 20.8 Å². The molecule has 1 heterocycles. The summed E-state index contributed by atoms with van der Waals surface area (Å²) in [5.41, 5.74) is 0.349. The Bertz CT molecular complexity index is 470. The van der Waals surface area contributed by atoms with Crippen molar-refractivity contribution in [3.05, 3.63) is 0 Å². The molecule has 1 atom stereocenters. The summed E-state index contributed by atoms with van der Waals surface area (Å²) in [6, 6.07) is 0. The molecule has 3 rings (SSSR count). The van der Waals surface area contributed by atoms with Gasteiger partial charge in [-0.1, -0.05) is 20.8 Å². The van der Waals surface area contributed by atoms with Gasteiger partial charge in [0.25, 0.3) is 0 Å². The average Bonchev–Trinajstić information content (AvgIpc) is 3.39. The van der Waals surface area contributed by atoms with Gasteiger partial charge in [0.1, 0.15) is 6.10 Å². The fraction of sp³-hybridized carbons (Fsp3) is 0.900. The van der Waals surface area contributed by atoms with Crippen molar-refractivity contribution in [2.75, 3.05) is 13.1 Å². The monoisotopic (exact) mass is 335 g/mol. The van der Waals surface area contributed by atoms with E-state index in [-0.39, 0.29) is 29.8 Å². The molecule has 3 aliphatic rings. The number of carbonyl (C=O) groups excluding carboxylic acids is 2. The molecule has 4 heteroatoms. The van der Waals surface area contributed by atoms with E-state index in [9.17, 15) is 9.59 Å². The molecule has 1 amide bonds. The molecule has 3 fully saturated rings. The van der Waals surface area contributed by atoms with Crippen LogP contribution in [0.5, 0.6) is 0 Å². The third-order valence-corrected chi connectivity index (χ3v) is 6.17. The maximum absolute atomic E-state index is 12.5. The molecule has 0 spiro atoms. The molecule has 0 aromatic carbocycles. The van der Waals surface area contributed by atoms with Crippen molar-refractivity contribution in [2.45, 2.75) is 78.2 Å². The highest BCUT2D eigenvalue weighted by Gasteiger charge is 2.38. The highest BCUT2D eigenvalue weighted by Crippen LogP contribution is 2.39. The first-order chi connectivity index (χ1) is 11.3. The molecule has 0 bridgehead atoms. The lowest BCUT2D eigenvalue weighted by Gasteiger charge is -2.37. The summed E-state index contributed by atoms with van der Waals surface area (Å²) in [6.07, 6.45) is 8.22. The summed E-state index contributed by atoms with van der Waals surface area (Å²) in [4.78, 5) is 26.7. The lowest BCUT2D eigenvalue weighted by atomic mass is 9.72. The van der Waals surface area contributed by atoms with E-state index in [1.54, 1.807) is 0 Å². The third kappa shape index (κ3) is 4.31. The van der Waals surface area contributed by atoms with E-state index in [0.717, 1.165) is 63.8 Å². The maximum Gasteiger partial charge on any atom is 0.311 e. The summed E-state index contributed by atoms with van der Waals surface area (Å²) >= 11 is 0. The van der Waals surface area contributed by atoms with E-state index < -0.39 is 0 Å². The molecule has 0 N–H and O–H groups in total. The number of hydrogen-bond donors (Lipinski definition) is 0. The first kappa shape index (κ1) is 17.8. The summed E-state index contributed by atoms with van der Waals surface area (Å²) in [5.74, 6) is 1.06. The fourth-order valence-corrected chi connectivity index (χ4v) is 4.27. The number of piperidine rings is 1. The minimum atomic E-state index is -0.109. The zero-order valence-electron chi connectivity index (χ0n) is 15.6. The highest BCUT2D eigenvalue weighted by atomic mass is 16.5. The second-order valence-electron chi connectivity index (χ2n) is 9.17. The fourth-order valence-electron chi connectivity index (χ4n) is 4.27. The zero-order chi connectivity index (χ0) is 17.3. The standard InChI is InChI=1S/C20H33NO3/c1-20(2,3)16-8-10-17(11-9-16)24-19(23)15-5-4-12-21(13-15)18(22)14-6-7-14/h14-17H,4-13H2,1-3H3/t15-,16?,17?/m0/s1. The molecule has 2 saturated carbocycles. The number of amides is 1. The van der Waals surface area contributed by atoms with Gasteiger partial charge in [-0.15, -0.1) is 0 Å². The maximum atomic E-state index is 12.5. The van der Waals surface area contributed by atoms with Crippen LogP contribution < -0.4 is 0 Å². The number of esters is 1. The smallest absolute Gasteiger partial charge is 0.311 e. The molecule has 0 aromatic heterocycles. The number of likely N-dealkylation sites (tertiary alicyclic amines) is 1. The van der Waals surface area contributed by atoms with E-state index in [1.165, 1.54) is 0 Å². The van der Waals surface area contributed by atoms with Crippen LogP contribution >= 0.6 is 0 Å². The van der Waals surface area contributed by atoms with Crippen LogP contribution in [0.2, 0.25) is 0 Å². The van der Waals surface area contributed by atoms with Gasteiger partial charge in [-0.2, -0.15) is 0 Å². The summed E-state index contributed by atoms with van der Waals surface area (Å²) in [5, 5.41) is 0. The second kappa shape index (κ2) is 7.05. The molecule has 136 valence electrons. The van der Waals surface area contributed by atoms with E-state index >= 15 is 0 Å². The van der Waals surface area contributed by atoms with Crippen LogP contribution in [0.4, 0.5) is 0 Å². The number of rotatable bonds is 3. The van der Waals surface area contributed by atoms with Gasteiger partial charge in [0, 0.05) is 19.0 Å². The molecular formula is C20H33NO3. The van der Waals surface area contributed by atoms with E-state index in [4.69, 9.17) is 4.74 Å². The predicted octanol–water partition coefficient (Wildman–Crippen LogP) is 3.78.